The van der Waals surface area contributed by atoms with Crippen LogP contribution in [-0.4, -0.2) is 0 Å². The lowest BCUT2D eigenvalue weighted by Crippen LogP contribution is -2.31. The molecule has 0 N–H and O–H groups in total. The quantitative estimate of drug-likeness (QED) is 0.331. The SMILES string of the molecule is [C-]#[N+]c1ccc2oc3c(-c4cc(C)c(C)c[n+]4C)c(C)ccc3c2c1. The van der Waals surface area contributed by atoms with Crippen LogP contribution in [0, 0.1) is 27.3 Å². The number of aryl methyl sites for hydroxylation is 4. The predicted octanol–water partition coefficient (Wildman–Crippen LogP) is 5.55. The highest BCUT2D eigenvalue weighted by atomic mass is 16.3. The number of aromatic nitrogens is 1. The van der Waals surface area contributed by atoms with Gasteiger partial charge < -0.3 is 4.42 Å². The third kappa shape index (κ3) is 2.30. The number of fused-ring (bicyclic) bond motifs is 3. The Morgan fingerprint density at radius 3 is 2.48 bits per heavy atom. The van der Waals surface area contributed by atoms with Gasteiger partial charge >= 0.3 is 0 Å². The van der Waals surface area contributed by atoms with Crippen LogP contribution in [-0.2, 0) is 7.05 Å². The van der Waals surface area contributed by atoms with Gasteiger partial charge in [0.1, 0.15) is 18.2 Å². The lowest BCUT2D eigenvalue weighted by Gasteiger charge is -2.07. The normalized spacial score (nSPS) is 11.2. The van der Waals surface area contributed by atoms with Crippen molar-refractivity contribution in [1.82, 2.24) is 0 Å². The van der Waals surface area contributed by atoms with E-state index in [2.05, 4.69) is 61.6 Å². The van der Waals surface area contributed by atoms with Crippen LogP contribution in [0.1, 0.15) is 16.7 Å². The number of hydrogen-bond acceptors (Lipinski definition) is 1. The Hall–Kier alpha value is -3.12. The van der Waals surface area contributed by atoms with Crippen molar-refractivity contribution in [3.05, 3.63) is 70.7 Å². The molecule has 4 aromatic rings. The molecule has 0 aliphatic carbocycles. The number of hydrogen-bond donors (Lipinski definition) is 0. The van der Waals surface area contributed by atoms with E-state index in [0.717, 1.165) is 33.2 Å². The van der Waals surface area contributed by atoms with Gasteiger partial charge in [-0.25, -0.2) is 9.41 Å². The van der Waals surface area contributed by atoms with E-state index in [1.54, 1.807) is 6.07 Å². The standard InChI is InChI=1S/C22H19N2O/c1-13-6-8-17-18-11-16(23-4)7-9-20(18)25-22(17)21(13)19-10-14(2)15(3)12-24(19)5/h6-12H,1-3,5H3/q+1. The van der Waals surface area contributed by atoms with Crippen molar-refractivity contribution in [1.29, 1.82) is 0 Å². The van der Waals surface area contributed by atoms with Crippen LogP contribution in [0.4, 0.5) is 5.69 Å². The summed E-state index contributed by atoms with van der Waals surface area (Å²) in [6, 6.07) is 12.0. The maximum absolute atomic E-state index is 7.25. The summed E-state index contributed by atoms with van der Waals surface area (Å²) in [5.41, 5.74) is 8.29. The molecule has 0 spiro atoms. The summed E-state index contributed by atoms with van der Waals surface area (Å²) in [6.45, 7) is 13.6. The van der Waals surface area contributed by atoms with Crippen molar-refractivity contribution in [2.75, 3.05) is 0 Å². The van der Waals surface area contributed by atoms with Crippen LogP contribution in [0.2, 0.25) is 0 Å². The van der Waals surface area contributed by atoms with Crippen LogP contribution in [0.3, 0.4) is 0 Å². The lowest BCUT2D eigenvalue weighted by molar-refractivity contribution is -0.660. The van der Waals surface area contributed by atoms with Crippen LogP contribution in [0.15, 0.2) is 47.0 Å². The zero-order valence-corrected chi connectivity index (χ0v) is 14.8. The molecule has 2 aromatic heterocycles. The van der Waals surface area contributed by atoms with E-state index in [4.69, 9.17) is 11.0 Å². The van der Waals surface area contributed by atoms with E-state index in [1.165, 1.54) is 16.7 Å². The molecule has 0 aliphatic heterocycles. The molecule has 0 bridgehead atoms. The first-order chi connectivity index (χ1) is 12.0. The second-order valence-electron chi connectivity index (χ2n) is 6.66. The predicted molar refractivity (Wildman–Crippen MR) is 101 cm³/mol. The Kier molecular flexibility index (Phi) is 3.36. The topological polar surface area (TPSA) is 21.4 Å². The van der Waals surface area contributed by atoms with Crippen molar-refractivity contribution < 1.29 is 8.98 Å². The first-order valence-electron chi connectivity index (χ1n) is 8.30. The Bertz CT molecular complexity index is 1190. The van der Waals surface area contributed by atoms with Gasteiger partial charge in [0.05, 0.1) is 12.1 Å². The second-order valence-corrected chi connectivity index (χ2v) is 6.66. The Labute approximate surface area is 147 Å². The van der Waals surface area contributed by atoms with Crippen molar-refractivity contribution in [2.45, 2.75) is 20.8 Å². The third-order valence-corrected chi connectivity index (χ3v) is 4.96. The fourth-order valence-corrected chi connectivity index (χ4v) is 3.45. The van der Waals surface area contributed by atoms with E-state index in [0.29, 0.717) is 5.69 Å². The second kappa shape index (κ2) is 5.46. The number of benzene rings is 2. The smallest absolute Gasteiger partial charge is 0.216 e. The highest BCUT2D eigenvalue weighted by Gasteiger charge is 2.21. The zero-order chi connectivity index (χ0) is 17.7. The first-order valence-corrected chi connectivity index (χ1v) is 8.30. The van der Waals surface area contributed by atoms with E-state index in [9.17, 15) is 0 Å². The minimum absolute atomic E-state index is 0.633. The molecule has 122 valence electrons. The summed E-state index contributed by atoms with van der Waals surface area (Å²) in [5, 5.41) is 2.05. The Morgan fingerprint density at radius 1 is 0.920 bits per heavy atom. The molecule has 0 radical (unpaired) electrons. The summed E-state index contributed by atoms with van der Waals surface area (Å²) < 4.78 is 8.38. The van der Waals surface area contributed by atoms with Gasteiger partial charge in [-0.3, -0.25) is 0 Å². The van der Waals surface area contributed by atoms with Crippen LogP contribution < -0.4 is 4.57 Å². The molecule has 0 amide bonds. The van der Waals surface area contributed by atoms with Gasteiger partial charge in [0, 0.05) is 22.4 Å². The molecule has 0 aliphatic rings. The molecule has 0 saturated carbocycles. The molecule has 0 atom stereocenters. The molecule has 0 unspecified atom stereocenters. The average Bonchev–Trinajstić information content (AvgIpc) is 2.96. The Morgan fingerprint density at radius 2 is 1.72 bits per heavy atom. The van der Waals surface area contributed by atoms with Crippen molar-refractivity contribution in [2.24, 2.45) is 7.05 Å². The molecule has 0 saturated heterocycles. The zero-order valence-electron chi connectivity index (χ0n) is 14.8. The fourth-order valence-electron chi connectivity index (χ4n) is 3.45. The summed E-state index contributed by atoms with van der Waals surface area (Å²) in [4.78, 5) is 3.54. The van der Waals surface area contributed by atoms with Crippen molar-refractivity contribution in [3.8, 4) is 11.3 Å². The van der Waals surface area contributed by atoms with Gasteiger partial charge in [-0.05, 0) is 44.0 Å². The van der Waals surface area contributed by atoms with Gasteiger partial charge in [-0.1, -0.05) is 18.2 Å². The molecule has 25 heavy (non-hydrogen) atoms. The van der Waals surface area contributed by atoms with Gasteiger partial charge in [0.2, 0.25) is 5.69 Å². The molecular formula is C22H19N2O+. The molecule has 3 nitrogen and oxygen atoms in total. The highest BCUT2D eigenvalue weighted by molar-refractivity contribution is 6.10. The summed E-state index contributed by atoms with van der Waals surface area (Å²) in [7, 11) is 2.07. The van der Waals surface area contributed by atoms with E-state index in [1.807, 2.05) is 12.1 Å². The van der Waals surface area contributed by atoms with Gasteiger partial charge in [-0.15, -0.1) is 0 Å². The van der Waals surface area contributed by atoms with E-state index in [-0.39, 0.29) is 0 Å². The van der Waals surface area contributed by atoms with Crippen molar-refractivity contribution in [3.63, 3.8) is 0 Å². The van der Waals surface area contributed by atoms with Gasteiger partial charge in [0.25, 0.3) is 0 Å². The minimum atomic E-state index is 0.633. The Balaban J connectivity index is 2.13. The molecule has 0 fully saturated rings. The lowest BCUT2D eigenvalue weighted by atomic mass is 9.99. The molecule has 3 heteroatoms. The van der Waals surface area contributed by atoms with Crippen LogP contribution in [0.5, 0.6) is 0 Å². The van der Waals surface area contributed by atoms with E-state index >= 15 is 0 Å². The van der Waals surface area contributed by atoms with Gasteiger partial charge in [0.15, 0.2) is 11.9 Å². The molecular weight excluding hydrogens is 308 g/mol. The van der Waals surface area contributed by atoms with Gasteiger partial charge in [-0.2, -0.15) is 0 Å². The number of pyridine rings is 1. The highest BCUT2D eigenvalue weighted by Crippen LogP contribution is 2.38. The first kappa shape index (κ1) is 15.4. The summed E-state index contributed by atoms with van der Waals surface area (Å²) in [5.74, 6) is 0. The summed E-state index contributed by atoms with van der Waals surface area (Å²) in [6.07, 6.45) is 2.16. The minimum Gasteiger partial charge on any atom is -0.455 e. The number of furan rings is 1. The maximum Gasteiger partial charge on any atom is 0.216 e. The third-order valence-electron chi connectivity index (χ3n) is 4.96. The monoisotopic (exact) mass is 327 g/mol. The largest absolute Gasteiger partial charge is 0.455 e. The average molecular weight is 327 g/mol. The molecule has 2 heterocycles. The summed E-state index contributed by atoms with van der Waals surface area (Å²) >= 11 is 0. The molecule has 4 rings (SSSR count). The number of rotatable bonds is 1. The maximum atomic E-state index is 7.25. The van der Waals surface area contributed by atoms with Crippen LogP contribution >= 0.6 is 0 Å². The molecule has 2 aromatic carbocycles. The van der Waals surface area contributed by atoms with Crippen molar-refractivity contribution >= 4 is 27.6 Å². The van der Waals surface area contributed by atoms with E-state index < -0.39 is 0 Å². The van der Waals surface area contributed by atoms with Crippen LogP contribution in [0.25, 0.3) is 38.0 Å². The number of nitrogens with zero attached hydrogens (tertiary/aromatic N) is 2. The fraction of sp³-hybridized carbons (Fsp3) is 0.182.